The van der Waals surface area contributed by atoms with Crippen LogP contribution in [0.3, 0.4) is 0 Å². The molecule has 0 amide bonds. The average Bonchev–Trinajstić information content (AvgIpc) is 2.04. The molecule has 0 unspecified atom stereocenters. The number of benzene rings is 1. The summed E-state index contributed by atoms with van der Waals surface area (Å²) in [6.45, 7) is 3.86. The Morgan fingerprint density at radius 2 is 2.08 bits per heavy atom. The van der Waals surface area contributed by atoms with Gasteiger partial charge in [0.15, 0.2) is 0 Å². The minimum absolute atomic E-state index is 0.207. The zero-order chi connectivity index (χ0) is 10.0. The fourth-order valence-corrected chi connectivity index (χ4v) is 1.07. The van der Waals surface area contributed by atoms with Gasteiger partial charge in [-0.2, -0.15) is 0 Å². The van der Waals surface area contributed by atoms with Gasteiger partial charge in [0.2, 0.25) is 0 Å². The Kier molecular flexibility index (Phi) is 2.66. The van der Waals surface area contributed by atoms with E-state index in [1.165, 1.54) is 12.1 Å². The first-order valence-corrected chi connectivity index (χ1v) is 4.05. The summed E-state index contributed by atoms with van der Waals surface area (Å²) in [5.41, 5.74) is 0.574. The lowest BCUT2D eigenvalue weighted by Gasteiger charge is -2.06. The minimum Gasteiger partial charge on any atom is -0.478 e. The van der Waals surface area contributed by atoms with Crippen LogP contribution in [0.15, 0.2) is 18.2 Å². The fraction of sp³-hybridized carbons (Fsp3) is 0.300. The van der Waals surface area contributed by atoms with Crippen LogP contribution in [0, 0.1) is 5.82 Å². The molecule has 2 nitrogen and oxygen atoms in total. The van der Waals surface area contributed by atoms with Crippen molar-refractivity contribution in [2.24, 2.45) is 0 Å². The van der Waals surface area contributed by atoms with E-state index in [2.05, 4.69) is 0 Å². The molecule has 0 heterocycles. The lowest BCUT2D eigenvalue weighted by atomic mass is 10.0. The Labute approximate surface area is 76.0 Å². The Hall–Kier alpha value is -1.38. The van der Waals surface area contributed by atoms with E-state index >= 15 is 0 Å². The van der Waals surface area contributed by atoms with Crippen LogP contribution in [0.2, 0.25) is 0 Å². The van der Waals surface area contributed by atoms with Crippen molar-refractivity contribution < 1.29 is 14.3 Å². The van der Waals surface area contributed by atoms with E-state index in [0.29, 0.717) is 0 Å². The molecule has 0 aliphatic rings. The second kappa shape index (κ2) is 3.56. The van der Waals surface area contributed by atoms with Gasteiger partial charge in [-0.1, -0.05) is 19.9 Å². The number of carbonyl (C=O) groups is 1. The number of hydrogen-bond acceptors (Lipinski definition) is 1. The third-order valence-electron chi connectivity index (χ3n) is 1.89. The van der Waals surface area contributed by atoms with Crippen LogP contribution in [0.4, 0.5) is 4.39 Å². The lowest BCUT2D eigenvalue weighted by molar-refractivity contribution is 0.0692. The summed E-state index contributed by atoms with van der Waals surface area (Å²) in [6.07, 6.45) is 0. The molecule has 0 radical (unpaired) electrons. The summed E-state index contributed by atoms with van der Waals surface area (Å²) >= 11 is 0. The zero-order valence-corrected chi connectivity index (χ0v) is 7.54. The molecule has 1 aromatic rings. The number of aromatic carboxylic acids is 1. The zero-order valence-electron chi connectivity index (χ0n) is 7.54. The van der Waals surface area contributed by atoms with Crippen molar-refractivity contribution >= 4 is 5.97 Å². The highest BCUT2D eigenvalue weighted by Gasteiger charge is 2.11. The third-order valence-corrected chi connectivity index (χ3v) is 1.89. The van der Waals surface area contributed by atoms with Crippen molar-refractivity contribution in [3.8, 4) is 0 Å². The second-order valence-electron chi connectivity index (χ2n) is 3.20. The van der Waals surface area contributed by atoms with Gasteiger partial charge < -0.3 is 5.11 Å². The first-order chi connectivity index (χ1) is 6.02. The van der Waals surface area contributed by atoms with Crippen molar-refractivity contribution in [3.63, 3.8) is 0 Å². The van der Waals surface area contributed by atoms with E-state index in [1.54, 1.807) is 6.07 Å². The van der Waals surface area contributed by atoms with E-state index in [1.807, 2.05) is 13.8 Å². The van der Waals surface area contributed by atoms with Crippen molar-refractivity contribution in [2.45, 2.75) is 19.8 Å². The SMILES string of the molecule is CC(C)c1ccc(F)c(C(=O)O)c1. The van der Waals surface area contributed by atoms with Crippen molar-refractivity contribution in [3.05, 3.63) is 35.1 Å². The van der Waals surface area contributed by atoms with Crippen LogP contribution in [0.25, 0.3) is 0 Å². The molecular weight excluding hydrogens is 171 g/mol. The largest absolute Gasteiger partial charge is 0.478 e. The molecule has 3 heteroatoms. The van der Waals surface area contributed by atoms with Gasteiger partial charge in [-0.3, -0.25) is 0 Å². The van der Waals surface area contributed by atoms with E-state index in [-0.39, 0.29) is 11.5 Å². The highest BCUT2D eigenvalue weighted by atomic mass is 19.1. The maximum atomic E-state index is 12.9. The van der Waals surface area contributed by atoms with Crippen LogP contribution in [-0.2, 0) is 0 Å². The molecule has 0 bridgehead atoms. The quantitative estimate of drug-likeness (QED) is 0.763. The van der Waals surface area contributed by atoms with Gasteiger partial charge >= 0.3 is 5.97 Å². The van der Waals surface area contributed by atoms with Gasteiger partial charge in [-0.05, 0) is 23.6 Å². The summed E-state index contributed by atoms with van der Waals surface area (Å²) in [7, 11) is 0. The molecule has 0 aromatic heterocycles. The number of halogens is 1. The second-order valence-corrected chi connectivity index (χ2v) is 3.20. The Balaban J connectivity index is 3.19. The lowest BCUT2D eigenvalue weighted by Crippen LogP contribution is -2.02. The molecule has 0 fully saturated rings. The van der Waals surface area contributed by atoms with Crippen molar-refractivity contribution in [1.82, 2.24) is 0 Å². The van der Waals surface area contributed by atoms with Crippen LogP contribution in [-0.4, -0.2) is 11.1 Å². The first-order valence-electron chi connectivity index (χ1n) is 4.05. The first kappa shape index (κ1) is 9.71. The number of rotatable bonds is 2. The topological polar surface area (TPSA) is 37.3 Å². The summed E-state index contributed by atoms with van der Waals surface area (Å²) in [5.74, 6) is -1.70. The van der Waals surface area contributed by atoms with Gasteiger partial charge in [0.25, 0.3) is 0 Å². The molecule has 1 N–H and O–H groups in total. The van der Waals surface area contributed by atoms with Crippen LogP contribution in [0.1, 0.15) is 35.7 Å². The van der Waals surface area contributed by atoms with E-state index in [9.17, 15) is 9.18 Å². The highest BCUT2D eigenvalue weighted by Crippen LogP contribution is 2.17. The molecule has 70 valence electrons. The highest BCUT2D eigenvalue weighted by molar-refractivity contribution is 5.88. The minimum atomic E-state index is -1.22. The number of hydrogen-bond donors (Lipinski definition) is 1. The van der Waals surface area contributed by atoms with Crippen molar-refractivity contribution in [1.29, 1.82) is 0 Å². The maximum Gasteiger partial charge on any atom is 0.338 e. The van der Waals surface area contributed by atoms with E-state index in [4.69, 9.17) is 5.11 Å². The van der Waals surface area contributed by atoms with Crippen molar-refractivity contribution in [2.75, 3.05) is 0 Å². The number of carboxylic acid groups (broad SMARTS) is 1. The molecule has 0 saturated carbocycles. The molecule has 0 aliphatic heterocycles. The van der Waals surface area contributed by atoms with E-state index in [0.717, 1.165) is 5.56 Å². The maximum absolute atomic E-state index is 12.9. The predicted octanol–water partition coefficient (Wildman–Crippen LogP) is 2.65. The Morgan fingerprint density at radius 3 is 2.54 bits per heavy atom. The van der Waals surface area contributed by atoms with Gasteiger partial charge in [0, 0.05) is 0 Å². The molecule has 1 aromatic carbocycles. The summed E-state index contributed by atoms with van der Waals surface area (Å²) in [4.78, 5) is 10.6. The molecule has 13 heavy (non-hydrogen) atoms. The molecule has 0 atom stereocenters. The molecule has 1 rings (SSSR count). The monoisotopic (exact) mass is 182 g/mol. The van der Waals surface area contributed by atoms with Gasteiger partial charge in [-0.15, -0.1) is 0 Å². The Bertz CT molecular complexity index is 332. The molecule has 0 spiro atoms. The summed E-state index contributed by atoms with van der Waals surface area (Å²) in [5, 5.41) is 8.63. The van der Waals surface area contributed by atoms with Crippen LogP contribution < -0.4 is 0 Å². The van der Waals surface area contributed by atoms with Gasteiger partial charge in [0.05, 0.1) is 5.56 Å². The Morgan fingerprint density at radius 1 is 1.46 bits per heavy atom. The normalized spacial score (nSPS) is 10.5. The number of carboxylic acids is 1. The molecule has 0 aliphatic carbocycles. The van der Waals surface area contributed by atoms with Gasteiger partial charge in [0.1, 0.15) is 5.82 Å². The fourth-order valence-electron chi connectivity index (χ4n) is 1.07. The van der Waals surface area contributed by atoms with Crippen LogP contribution in [0.5, 0.6) is 0 Å². The third kappa shape index (κ3) is 2.05. The van der Waals surface area contributed by atoms with Crippen LogP contribution >= 0.6 is 0 Å². The smallest absolute Gasteiger partial charge is 0.338 e. The predicted molar refractivity (Wildman–Crippen MR) is 47.4 cm³/mol. The molecular formula is C10H11FO2. The molecule has 0 saturated heterocycles. The summed E-state index contributed by atoms with van der Waals surface area (Å²) in [6, 6.07) is 4.17. The average molecular weight is 182 g/mol. The summed E-state index contributed by atoms with van der Waals surface area (Å²) < 4.78 is 12.9. The standard InChI is InChI=1S/C10H11FO2/c1-6(2)7-3-4-9(11)8(5-7)10(12)13/h3-6H,1-2H3,(H,12,13). The van der Waals surface area contributed by atoms with Gasteiger partial charge in [-0.25, -0.2) is 9.18 Å². The van der Waals surface area contributed by atoms with E-state index < -0.39 is 11.8 Å².